The molecule has 2 N–H and O–H groups in total. The molecule has 7 heteroatoms. The average Bonchev–Trinajstić information content (AvgIpc) is 3.27. The number of fused-ring (bicyclic) bond motifs is 1. The standard InChI is InChI=1S/C17H27N7/c1-18-17(19-10-12-23(2)14-7-3-4-8-14)20-13-16-22-21-15-9-5-6-11-24(15)16/h5-6,9,11,14H,3-4,7-8,10,12-13H2,1-2H3,(H2,18,19,20). The van der Waals surface area contributed by atoms with Crippen LogP contribution < -0.4 is 10.6 Å². The molecule has 0 atom stereocenters. The van der Waals surface area contributed by atoms with Crippen molar-refractivity contribution in [3.8, 4) is 0 Å². The summed E-state index contributed by atoms with van der Waals surface area (Å²) in [5.41, 5.74) is 0.857. The maximum atomic E-state index is 4.28. The van der Waals surface area contributed by atoms with Crippen molar-refractivity contribution in [3.05, 3.63) is 30.2 Å². The van der Waals surface area contributed by atoms with Crippen molar-refractivity contribution in [2.45, 2.75) is 38.3 Å². The highest BCUT2D eigenvalue weighted by Crippen LogP contribution is 2.21. The zero-order valence-electron chi connectivity index (χ0n) is 14.6. The van der Waals surface area contributed by atoms with E-state index in [4.69, 9.17) is 0 Å². The molecule has 3 rings (SSSR count). The van der Waals surface area contributed by atoms with Crippen molar-refractivity contribution in [1.82, 2.24) is 30.1 Å². The summed E-state index contributed by atoms with van der Waals surface area (Å²) in [6.45, 7) is 2.50. The Labute approximate surface area is 143 Å². The molecule has 0 amide bonds. The van der Waals surface area contributed by atoms with E-state index in [1.165, 1.54) is 25.7 Å². The SMILES string of the molecule is CN=C(NCCN(C)C1CCCC1)NCc1nnc2ccccn12. The molecule has 7 nitrogen and oxygen atoms in total. The number of likely N-dealkylation sites (N-methyl/N-ethyl adjacent to an activating group) is 1. The summed E-state index contributed by atoms with van der Waals surface area (Å²) in [6, 6.07) is 6.64. The molecule has 2 heterocycles. The Balaban J connectivity index is 1.45. The van der Waals surface area contributed by atoms with Crippen LogP contribution in [0.1, 0.15) is 31.5 Å². The molecule has 1 saturated carbocycles. The Morgan fingerprint density at radius 3 is 2.92 bits per heavy atom. The Morgan fingerprint density at radius 1 is 1.29 bits per heavy atom. The van der Waals surface area contributed by atoms with Gasteiger partial charge in [-0.1, -0.05) is 18.9 Å². The van der Waals surface area contributed by atoms with E-state index in [-0.39, 0.29) is 0 Å². The smallest absolute Gasteiger partial charge is 0.191 e. The van der Waals surface area contributed by atoms with Crippen LogP contribution in [0, 0.1) is 0 Å². The molecule has 0 bridgehead atoms. The summed E-state index contributed by atoms with van der Waals surface area (Å²) in [4.78, 5) is 6.74. The highest BCUT2D eigenvalue weighted by Gasteiger charge is 2.18. The second kappa shape index (κ2) is 8.10. The first-order valence-electron chi connectivity index (χ1n) is 8.71. The fraction of sp³-hybridized carbons (Fsp3) is 0.588. The lowest BCUT2D eigenvalue weighted by Crippen LogP contribution is -2.42. The van der Waals surface area contributed by atoms with Gasteiger partial charge in [0.1, 0.15) is 0 Å². The van der Waals surface area contributed by atoms with Gasteiger partial charge in [-0.25, -0.2) is 0 Å². The predicted molar refractivity (Wildman–Crippen MR) is 96.1 cm³/mol. The predicted octanol–water partition coefficient (Wildman–Crippen LogP) is 1.27. The van der Waals surface area contributed by atoms with E-state index in [1.54, 1.807) is 7.05 Å². The number of nitrogens with zero attached hydrogens (tertiary/aromatic N) is 5. The number of pyridine rings is 1. The van der Waals surface area contributed by atoms with Gasteiger partial charge < -0.3 is 15.5 Å². The van der Waals surface area contributed by atoms with Crippen molar-refractivity contribution in [2.75, 3.05) is 27.2 Å². The van der Waals surface area contributed by atoms with Gasteiger partial charge in [0.05, 0.1) is 6.54 Å². The summed E-state index contributed by atoms with van der Waals surface area (Å²) in [6.07, 6.45) is 7.39. The maximum absolute atomic E-state index is 4.28. The summed E-state index contributed by atoms with van der Waals surface area (Å²) in [7, 11) is 4.01. The molecular formula is C17H27N7. The lowest BCUT2D eigenvalue weighted by molar-refractivity contribution is 0.249. The quantitative estimate of drug-likeness (QED) is 0.617. The summed E-state index contributed by atoms with van der Waals surface area (Å²) >= 11 is 0. The molecule has 130 valence electrons. The molecule has 0 aromatic carbocycles. The molecule has 24 heavy (non-hydrogen) atoms. The van der Waals surface area contributed by atoms with Gasteiger partial charge in [-0.15, -0.1) is 10.2 Å². The first-order valence-corrected chi connectivity index (χ1v) is 8.71. The molecule has 0 radical (unpaired) electrons. The zero-order valence-corrected chi connectivity index (χ0v) is 14.6. The van der Waals surface area contributed by atoms with Gasteiger partial charge in [0.2, 0.25) is 0 Å². The Morgan fingerprint density at radius 2 is 2.12 bits per heavy atom. The molecule has 0 aliphatic heterocycles. The van der Waals surface area contributed by atoms with Crippen LogP contribution in [0.15, 0.2) is 29.4 Å². The van der Waals surface area contributed by atoms with Crippen LogP contribution in [0.5, 0.6) is 0 Å². The van der Waals surface area contributed by atoms with E-state index < -0.39 is 0 Å². The topological polar surface area (TPSA) is 69.8 Å². The van der Waals surface area contributed by atoms with E-state index in [2.05, 4.69) is 37.8 Å². The van der Waals surface area contributed by atoms with Gasteiger partial charge in [-0.05, 0) is 32.0 Å². The largest absolute Gasteiger partial charge is 0.355 e. The molecule has 1 fully saturated rings. The molecule has 0 unspecified atom stereocenters. The second-order valence-corrected chi connectivity index (χ2v) is 6.32. The van der Waals surface area contributed by atoms with Gasteiger partial charge in [-0.2, -0.15) is 0 Å². The van der Waals surface area contributed by atoms with Crippen LogP contribution in [-0.4, -0.2) is 58.7 Å². The number of rotatable bonds is 6. The number of hydrogen-bond acceptors (Lipinski definition) is 4. The molecule has 0 spiro atoms. The van der Waals surface area contributed by atoms with Crippen molar-refractivity contribution >= 4 is 11.6 Å². The van der Waals surface area contributed by atoms with Crippen molar-refractivity contribution in [2.24, 2.45) is 4.99 Å². The van der Waals surface area contributed by atoms with Crippen LogP contribution in [-0.2, 0) is 6.54 Å². The number of nitrogens with one attached hydrogen (secondary N) is 2. The van der Waals surface area contributed by atoms with E-state index in [0.29, 0.717) is 6.54 Å². The van der Waals surface area contributed by atoms with Crippen molar-refractivity contribution < 1.29 is 0 Å². The Bertz CT molecular complexity index is 672. The summed E-state index contributed by atoms with van der Waals surface area (Å²) < 4.78 is 1.98. The number of hydrogen-bond donors (Lipinski definition) is 2. The lowest BCUT2D eigenvalue weighted by atomic mass is 10.2. The minimum Gasteiger partial charge on any atom is -0.355 e. The third kappa shape index (κ3) is 4.03. The fourth-order valence-electron chi connectivity index (χ4n) is 3.27. The number of guanidine groups is 1. The van der Waals surface area contributed by atoms with E-state index in [0.717, 1.165) is 36.6 Å². The lowest BCUT2D eigenvalue weighted by Gasteiger charge is -2.24. The molecule has 1 aliphatic carbocycles. The number of aromatic nitrogens is 3. The number of aliphatic imine (C=N–C) groups is 1. The molecule has 2 aromatic rings. The first kappa shape index (κ1) is 16.7. The highest BCUT2D eigenvalue weighted by molar-refractivity contribution is 5.79. The van der Waals surface area contributed by atoms with Gasteiger partial charge >= 0.3 is 0 Å². The summed E-state index contributed by atoms with van der Waals surface area (Å²) in [5, 5.41) is 15.1. The van der Waals surface area contributed by atoms with E-state index >= 15 is 0 Å². The normalized spacial score (nSPS) is 16.2. The average molecular weight is 329 g/mol. The Kier molecular flexibility index (Phi) is 5.63. The molecule has 1 aliphatic rings. The van der Waals surface area contributed by atoms with Crippen molar-refractivity contribution in [1.29, 1.82) is 0 Å². The van der Waals surface area contributed by atoms with Gasteiger partial charge in [0.15, 0.2) is 17.4 Å². The van der Waals surface area contributed by atoms with E-state index in [9.17, 15) is 0 Å². The van der Waals surface area contributed by atoms with Gasteiger partial charge in [0.25, 0.3) is 0 Å². The molecule has 0 saturated heterocycles. The van der Waals surface area contributed by atoms with Crippen LogP contribution in [0.3, 0.4) is 0 Å². The highest BCUT2D eigenvalue weighted by atomic mass is 15.3. The summed E-state index contributed by atoms with van der Waals surface area (Å²) in [5.74, 6) is 1.67. The second-order valence-electron chi connectivity index (χ2n) is 6.32. The third-order valence-electron chi connectivity index (χ3n) is 4.73. The zero-order chi connectivity index (χ0) is 16.8. The third-order valence-corrected chi connectivity index (χ3v) is 4.73. The van der Waals surface area contributed by atoms with Crippen LogP contribution in [0.2, 0.25) is 0 Å². The first-order chi connectivity index (χ1) is 11.8. The van der Waals surface area contributed by atoms with E-state index in [1.807, 2.05) is 28.8 Å². The van der Waals surface area contributed by atoms with Crippen LogP contribution >= 0.6 is 0 Å². The monoisotopic (exact) mass is 329 g/mol. The molecule has 2 aromatic heterocycles. The Hall–Kier alpha value is -2.15. The van der Waals surface area contributed by atoms with Crippen molar-refractivity contribution in [3.63, 3.8) is 0 Å². The maximum Gasteiger partial charge on any atom is 0.191 e. The van der Waals surface area contributed by atoms with Crippen LogP contribution in [0.25, 0.3) is 5.65 Å². The fourth-order valence-corrected chi connectivity index (χ4v) is 3.27. The van der Waals surface area contributed by atoms with Gasteiger partial charge in [0, 0.05) is 32.4 Å². The minimum atomic E-state index is 0.587. The molecular weight excluding hydrogens is 302 g/mol. The van der Waals surface area contributed by atoms with Crippen LogP contribution in [0.4, 0.5) is 0 Å². The minimum absolute atomic E-state index is 0.587. The van der Waals surface area contributed by atoms with Gasteiger partial charge in [-0.3, -0.25) is 9.39 Å².